The number of nitrogens with one attached hydrogen (secondary N) is 2. The molecule has 3 aromatic rings. The summed E-state index contributed by atoms with van der Waals surface area (Å²) in [4.78, 5) is 22.2. The summed E-state index contributed by atoms with van der Waals surface area (Å²) in [7, 11) is 1.64. The summed E-state index contributed by atoms with van der Waals surface area (Å²) >= 11 is 0. The van der Waals surface area contributed by atoms with Gasteiger partial charge in [0.15, 0.2) is 11.6 Å². The lowest BCUT2D eigenvalue weighted by molar-refractivity contribution is -0.143. The molecule has 0 bridgehead atoms. The lowest BCUT2D eigenvalue weighted by Crippen LogP contribution is -2.49. The number of carbonyl (C=O) groups excluding carboxylic acids is 1. The quantitative estimate of drug-likeness (QED) is 0.202. The normalized spacial score (nSPS) is 17.5. The van der Waals surface area contributed by atoms with Gasteiger partial charge in [0.25, 0.3) is 0 Å². The third-order valence-corrected chi connectivity index (χ3v) is 8.99. The number of hydrogen-bond donors (Lipinski definition) is 3. The molecule has 2 aliphatic rings. The van der Waals surface area contributed by atoms with Crippen LogP contribution in [0.4, 0.5) is 18.9 Å². The molecule has 2 fully saturated rings. The van der Waals surface area contributed by atoms with Crippen molar-refractivity contribution < 1.29 is 32.6 Å². The number of pyridine rings is 1. The number of aromatic nitrogens is 1. The maximum absolute atomic E-state index is 14.0. The molecule has 1 amide bonds. The van der Waals surface area contributed by atoms with E-state index in [0.29, 0.717) is 64.2 Å². The Balaban J connectivity index is 1.24. The highest BCUT2D eigenvalue weighted by Crippen LogP contribution is 2.38. The minimum Gasteiger partial charge on any atom is -0.497 e. The largest absolute Gasteiger partial charge is 0.497 e. The summed E-state index contributed by atoms with van der Waals surface area (Å²) in [6.07, 6.45) is 5.06. The van der Waals surface area contributed by atoms with Gasteiger partial charge in [-0.05, 0) is 74.5 Å². The molecule has 2 aliphatic heterocycles. The van der Waals surface area contributed by atoms with Gasteiger partial charge in [-0.2, -0.15) is 0 Å². The van der Waals surface area contributed by atoms with E-state index in [1.165, 1.54) is 5.56 Å². The number of ether oxygens (including phenoxy) is 2. The number of aryl methyl sites for hydroxylation is 1. The second-order valence-corrected chi connectivity index (χ2v) is 11.6. The van der Waals surface area contributed by atoms with Gasteiger partial charge in [0.05, 0.1) is 31.3 Å². The number of morpholine rings is 1. The molecule has 2 aromatic carbocycles. The molecule has 5 rings (SSSR count). The highest BCUT2D eigenvalue weighted by molar-refractivity contribution is 5.85. The number of halogens is 3. The zero-order valence-electron chi connectivity index (χ0n) is 25.0. The van der Waals surface area contributed by atoms with Crippen molar-refractivity contribution in [3.05, 3.63) is 65.1 Å². The molecule has 3 N–H and O–H groups in total. The van der Waals surface area contributed by atoms with Crippen LogP contribution in [0.5, 0.6) is 5.75 Å². The van der Waals surface area contributed by atoms with Gasteiger partial charge in [0, 0.05) is 56.4 Å². The van der Waals surface area contributed by atoms with Crippen LogP contribution in [0.2, 0.25) is 0 Å². The maximum atomic E-state index is 14.0. The van der Waals surface area contributed by atoms with Gasteiger partial charge < -0.3 is 19.7 Å². The monoisotopic (exact) mass is 615 g/mol. The summed E-state index contributed by atoms with van der Waals surface area (Å²) in [5, 5.41) is 13.4. The van der Waals surface area contributed by atoms with Crippen molar-refractivity contribution in [3.63, 3.8) is 0 Å². The molecule has 0 spiro atoms. The first-order valence-electron chi connectivity index (χ1n) is 15.1. The molecule has 1 aromatic heterocycles. The zero-order chi connectivity index (χ0) is 31.1. The number of piperidine rings is 1. The van der Waals surface area contributed by atoms with Crippen LogP contribution in [-0.2, 0) is 22.5 Å². The predicted octanol–water partition coefficient (Wildman–Crippen LogP) is 4.52. The van der Waals surface area contributed by atoms with Crippen molar-refractivity contribution in [2.75, 3.05) is 64.9 Å². The predicted molar refractivity (Wildman–Crippen MR) is 160 cm³/mol. The fraction of sp³-hybridized carbons (Fsp3) is 0.500. The number of likely N-dealkylation sites (tertiary alicyclic amines) is 1. The van der Waals surface area contributed by atoms with Crippen LogP contribution in [-0.4, -0.2) is 85.5 Å². The number of benzene rings is 2. The van der Waals surface area contributed by atoms with Crippen LogP contribution < -0.4 is 15.5 Å². The summed E-state index contributed by atoms with van der Waals surface area (Å²) in [6, 6.07) is 7.17. The molecule has 0 unspecified atom stereocenters. The van der Waals surface area contributed by atoms with Crippen molar-refractivity contribution in [1.82, 2.24) is 20.3 Å². The van der Waals surface area contributed by atoms with Gasteiger partial charge in [0.2, 0.25) is 5.91 Å². The Morgan fingerprint density at radius 1 is 1.07 bits per heavy atom. The van der Waals surface area contributed by atoms with Gasteiger partial charge in [0.1, 0.15) is 17.3 Å². The van der Waals surface area contributed by atoms with Gasteiger partial charge in [-0.1, -0.05) is 0 Å². The molecule has 44 heavy (non-hydrogen) atoms. The summed E-state index contributed by atoms with van der Waals surface area (Å²) in [6.45, 7) is 5.79. The van der Waals surface area contributed by atoms with E-state index in [1.807, 2.05) is 29.9 Å². The first-order chi connectivity index (χ1) is 21.3. The Kier molecular flexibility index (Phi) is 10.6. The van der Waals surface area contributed by atoms with E-state index in [-0.39, 0.29) is 18.1 Å². The maximum Gasteiger partial charge on any atom is 0.249 e. The van der Waals surface area contributed by atoms with Crippen molar-refractivity contribution in [2.45, 2.75) is 38.6 Å². The topological polar surface area (TPSA) is 99.2 Å². The van der Waals surface area contributed by atoms with Gasteiger partial charge in [-0.3, -0.25) is 19.9 Å². The molecule has 2 saturated heterocycles. The fourth-order valence-corrected chi connectivity index (χ4v) is 6.39. The van der Waals surface area contributed by atoms with Crippen LogP contribution >= 0.6 is 0 Å². The molecule has 0 radical (unpaired) electrons. The molecule has 0 atom stereocenters. The average molecular weight is 616 g/mol. The number of carbonyl (C=O) groups is 1. The number of fused-ring (bicyclic) bond motifs is 1. The molecular formula is C32H40F3N5O4. The first kappa shape index (κ1) is 32.0. The van der Waals surface area contributed by atoms with Crippen LogP contribution in [0, 0.1) is 22.9 Å². The molecule has 0 saturated carbocycles. The number of anilines is 1. The highest BCUT2D eigenvalue weighted by Gasteiger charge is 2.40. The first-order valence-corrected chi connectivity index (χ1v) is 15.1. The Bertz CT molecular complexity index is 1420. The van der Waals surface area contributed by atoms with Gasteiger partial charge >= 0.3 is 0 Å². The number of rotatable bonds is 12. The number of methoxy groups -OCH3 is 1. The molecule has 12 heteroatoms. The van der Waals surface area contributed by atoms with E-state index in [2.05, 4.69) is 15.1 Å². The second kappa shape index (κ2) is 14.6. The molecule has 9 nitrogen and oxygen atoms in total. The number of hydrogen-bond acceptors (Lipinski definition) is 8. The van der Waals surface area contributed by atoms with Crippen molar-refractivity contribution in [2.24, 2.45) is 5.41 Å². The minimum absolute atomic E-state index is 0.253. The molecule has 3 heterocycles. The zero-order valence-corrected chi connectivity index (χ0v) is 25.0. The van der Waals surface area contributed by atoms with Gasteiger partial charge in [-0.15, -0.1) is 0 Å². The lowest BCUT2D eigenvalue weighted by Gasteiger charge is -2.40. The van der Waals surface area contributed by atoms with E-state index in [1.54, 1.807) is 7.11 Å². The Morgan fingerprint density at radius 2 is 1.80 bits per heavy atom. The Morgan fingerprint density at radius 3 is 2.48 bits per heavy atom. The van der Waals surface area contributed by atoms with E-state index < -0.39 is 22.9 Å². The summed E-state index contributed by atoms with van der Waals surface area (Å²) in [5.74, 6) is -2.56. The van der Waals surface area contributed by atoms with E-state index in [9.17, 15) is 23.2 Å². The van der Waals surface area contributed by atoms with E-state index >= 15 is 0 Å². The summed E-state index contributed by atoms with van der Waals surface area (Å²) in [5.41, 5.74) is 4.02. The van der Waals surface area contributed by atoms with E-state index in [4.69, 9.17) is 14.5 Å². The average Bonchev–Trinajstić information content (AvgIpc) is 3.03. The van der Waals surface area contributed by atoms with Crippen LogP contribution in [0.3, 0.4) is 0 Å². The summed E-state index contributed by atoms with van der Waals surface area (Å²) < 4.78 is 52.2. The molecule has 238 valence electrons. The van der Waals surface area contributed by atoms with Crippen LogP contribution in [0.15, 0.2) is 36.5 Å². The standard InChI is InChI=1S/C32H40F3N5O4/c1-43-24-4-5-29-26(19-24)25(22(20-37-29)21-40-13-15-44-16-14-40)3-2-6-32(31(41)38-42)7-10-39(11-8-32)12-9-36-30-27(34)17-23(33)18-28(30)35/h4-5,17-20,36,42H,2-3,6-16,21H2,1H3,(H,38,41). The smallest absolute Gasteiger partial charge is 0.249 e. The van der Waals surface area contributed by atoms with Crippen molar-refractivity contribution >= 4 is 22.5 Å². The van der Waals surface area contributed by atoms with Crippen LogP contribution in [0.1, 0.15) is 36.8 Å². The van der Waals surface area contributed by atoms with Gasteiger partial charge in [-0.25, -0.2) is 18.7 Å². The molecule has 0 aliphatic carbocycles. The van der Waals surface area contributed by atoms with E-state index in [0.717, 1.165) is 54.7 Å². The van der Waals surface area contributed by atoms with Crippen LogP contribution in [0.25, 0.3) is 10.9 Å². The molecular weight excluding hydrogens is 575 g/mol. The number of nitrogens with zero attached hydrogens (tertiary/aromatic N) is 3. The van der Waals surface area contributed by atoms with Crippen molar-refractivity contribution in [1.29, 1.82) is 0 Å². The third kappa shape index (κ3) is 7.43. The Labute approximate surface area is 255 Å². The minimum atomic E-state index is -0.978. The Hall–Kier alpha value is -3.45. The second-order valence-electron chi connectivity index (χ2n) is 11.6. The number of hydroxylamine groups is 1. The lowest BCUT2D eigenvalue weighted by atomic mass is 9.73. The SMILES string of the molecule is COc1ccc2ncc(CN3CCOCC3)c(CCCC3(C(=O)NO)CCN(CCNc4c(F)cc(F)cc4F)CC3)c2c1. The number of amides is 1. The van der Waals surface area contributed by atoms with Crippen molar-refractivity contribution in [3.8, 4) is 5.75 Å². The third-order valence-electron chi connectivity index (χ3n) is 8.99. The highest BCUT2D eigenvalue weighted by atomic mass is 19.1. The fourth-order valence-electron chi connectivity index (χ4n) is 6.39.